The second-order valence-corrected chi connectivity index (χ2v) is 7.30. The van der Waals surface area contributed by atoms with Gasteiger partial charge in [0, 0.05) is 12.3 Å². The minimum atomic E-state index is -3.01. The van der Waals surface area contributed by atoms with Crippen LogP contribution in [-0.2, 0) is 16.3 Å². The Morgan fingerprint density at radius 1 is 1.28 bits per heavy atom. The fraction of sp³-hybridized carbons (Fsp3) is 0.500. The molecule has 1 aromatic rings. The molecule has 0 radical (unpaired) electrons. The third kappa shape index (κ3) is 5.57. The molecule has 1 rings (SSSR count). The van der Waals surface area contributed by atoms with Gasteiger partial charge in [0.25, 0.3) is 0 Å². The number of hydrogen-bond acceptors (Lipinski definition) is 3. The summed E-state index contributed by atoms with van der Waals surface area (Å²) >= 11 is 11.8. The predicted molar refractivity (Wildman–Crippen MR) is 77.3 cm³/mol. The molecule has 1 N–H and O–H groups in total. The van der Waals surface area contributed by atoms with Gasteiger partial charge >= 0.3 is 0 Å². The monoisotopic (exact) mass is 309 g/mol. The molecule has 0 saturated heterocycles. The van der Waals surface area contributed by atoms with Crippen LogP contribution >= 0.6 is 23.2 Å². The average Bonchev–Trinajstić information content (AvgIpc) is 2.21. The lowest BCUT2D eigenvalue weighted by molar-refractivity contribution is 0.545. The van der Waals surface area contributed by atoms with E-state index >= 15 is 0 Å². The summed E-state index contributed by atoms with van der Waals surface area (Å²) < 4.78 is 22.7. The van der Waals surface area contributed by atoms with Crippen LogP contribution in [0.3, 0.4) is 0 Å². The van der Waals surface area contributed by atoms with E-state index < -0.39 is 9.84 Å². The molecule has 0 aliphatic rings. The maximum atomic E-state index is 11.3. The number of hydrogen-bond donors (Lipinski definition) is 1. The number of halogens is 2. The minimum absolute atomic E-state index is 0.109. The zero-order valence-corrected chi connectivity index (χ0v) is 12.7. The highest BCUT2D eigenvalue weighted by Gasteiger charge is 2.15. The van der Waals surface area contributed by atoms with E-state index in [0.29, 0.717) is 16.5 Å². The Hall–Kier alpha value is -0.290. The van der Waals surface area contributed by atoms with Crippen molar-refractivity contribution in [1.29, 1.82) is 0 Å². The average molecular weight is 310 g/mol. The fourth-order valence-electron chi connectivity index (χ4n) is 1.80. The number of benzene rings is 1. The van der Waals surface area contributed by atoms with Crippen molar-refractivity contribution in [2.45, 2.75) is 19.4 Å². The second-order valence-electron chi connectivity index (χ2n) is 4.30. The molecule has 0 aliphatic carbocycles. The van der Waals surface area contributed by atoms with Crippen molar-refractivity contribution in [3.63, 3.8) is 0 Å². The summed E-state index contributed by atoms with van der Waals surface area (Å²) in [7, 11) is -3.01. The smallest absolute Gasteiger partial charge is 0.148 e. The molecule has 0 heterocycles. The Labute approximate surface area is 118 Å². The fourth-order valence-corrected chi connectivity index (χ4v) is 3.08. The van der Waals surface area contributed by atoms with Crippen LogP contribution in [0, 0.1) is 0 Å². The lowest BCUT2D eigenvalue weighted by atomic mass is 10.1. The first-order valence-corrected chi connectivity index (χ1v) is 8.48. The molecule has 6 heteroatoms. The second kappa shape index (κ2) is 6.75. The van der Waals surface area contributed by atoms with Gasteiger partial charge in [-0.2, -0.15) is 0 Å². The highest BCUT2D eigenvalue weighted by atomic mass is 35.5. The van der Waals surface area contributed by atoms with Crippen LogP contribution < -0.4 is 5.32 Å². The molecule has 1 atom stereocenters. The van der Waals surface area contributed by atoms with Gasteiger partial charge in [-0.05, 0) is 30.7 Å². The summed E-state index contributed by atoms with van der Waals surface area (Å²) in [5, 5.41) is 4.16. The van der Waals surface area contributed by atoms with Gasteiger partial charge < -0.3 is 5.32 Å². The molecule has 1 unspecified atom stereocenters. The first-order valence-electron chi connectivity index (χ1n) is 5.67. The van der Waals surface area contributed by atoms with Crippen molar-refractivity contribution in [3.05, 3.63) is 33.8 Å². The number of nitrogens with one attached hydrogen (secondary N) is 1. The lowest BCUT2D eigenvalue weighted by Gasteiger charge is -2.17. The summed E-state index contributed by atoms with van der Waals surface area (Å²) in [5.41, 5.74) is 0.971. The van der Waals surface area contributed by atoms with E-state index in [1.54, 1.807) is 12.1 Å². The molecule has 0 bridgehead atoms. The van der Waals surface area contributed by atoms with Gasteiger partial charge in [-0.25, -0.2) is 8.42 Å². The van der Waals surface area contributed by atoms with Crippen molar-refractivity contribution in [2.75, 3.05) is 18.6 Å². The van der Waals surface area contributed by atoms with Crippen molar-refractivity contribution >= 4 is 33.0 Å². The van der Waals surface area contributed by atoms with E-state index in [2.05, 4.69) is 5.32 Å². The minimum Gasteiger partial charge on any atom is -0.313 e. The van der Waals surface area contributed by atoms with E-state index in [1.165, 1.54) is 6.26 Å². The Morgan fingerprint density at radius 2 is 1.94 bits per heavy atom. The molecular formula is C12H17Cl2NO2S. The summed E-state index contributed by atoms with van der Waals surface area (Å²) in [5.74, 6) is 0.112. The van der Waals surface area contributed by atoms with Crippen LogP contribution in [0.5, 0.6) is 0 Å². The maximum absolute atomic E-state index is 11.3. The summed E-state index contributed by atoms with van der Waals surface area (Å²) in [6, 6.07) is 5.25. The normalized spacial score (nSPS) is 13.6. The standard InChI is InChI=1S/C12H17Cl2NO2S/c1-3-15-10(8-18(2,16)17)6-9-4-5-11(13)12(14)7-9/h4-5,7,10,15H,3,6,8H2,1-2H3. The molecule has 1 aromatic carbocycles. The topological polar surface area (TPSA) is 46.2 Å². The summed E-state index contributed by atoms with van der Waals surface area (Å²) in [4.78, 5) is 0. The van der Waals surface area contributed by atoms with E-state index in [0.717, 1.165) is 12.1 Å². The van der Waals surface area contributed by atoms with Gasteiger partial charge in [0.2, 0.25) is 0 Å². The van der Waals surface area contributed by atoms with Gasteiger partial charge in [0.15, 0.2) is 0 Å². The number of likely N-dealkylation sites (N-methyl/N-ethyl adjacent to an activating group) is 1. The van der Waals surface area contributed by atoms with Crippen molar-refractivity contribution in [3.8, 4) is 0 Å². The quantitative estimate of drug-likeness (QED) is 0.878. The SMILES string of the molecule is CCNC(Cc1ccc(Cl)c(Cl)c1)CS(C)(=O)=O. The first kappa shape index (κ1) is 15.8. The van der Waals surface area contributed by atoms with Crippen LogP contribution in [-0.4, -0.2) is 33.0 Å². The first-order chi connectivity index (χ1) is 8.31. The van der Waals surface area contributed by atoms with Crippen molar-refractivity contribution in [1.82, 2.24) is 5.32 Å². The maximum Gasteiger partial charge on any atom is 0.148 e. The zero-order valence-electron chi connectivity index (χ0n) is 10.4. The molecule has 0 aromatic heterocycles. The number of rotatable bonds is 6. The van der Waals surface area contributed by atoms with E-state index in [9.17, 15) is 8.42 Å². The largest absolute Gasteiger partial charge is 0.313 e. The molecule has 0 saturated carbocycles. The highest BCUT2D eigenvalue weighted by Crippen LogP contribution is 2.23. The third-order valence-electron chi connectivity index (χ3n) is 2.46. The summed E-state index contributed by atoms with van der Waals surface area (Å²) in [6.07, 6.45) is 1.85. The van der Waals surface area contributed by atoms with Crippen molar-refractivity contribution in [2.24, 2.45) is 0 Å². The Kier molecular flexibility index (Phi) is 5.92. The molecule has 0 amide bonds. The number of sulfone groups is 1. The van der Waals surface area contributed by atoms with Gasteiger partial charge in [0.05, 0.1) is 15.8 Å². The van der Waals surface area contributed by atoms with Gasteiger partial charge in [-0.15, -0.1) is 0 Å². The van der Waals surface area contributed by atoms with Crippen molar-refractivity contribution < 1.29 is 8.42 Å². The van der Waals surface area contributed by atoms with E-state index in [1.807, 2.05) is 13.0 Å². The van der Waals surface area contributed by atoms with Crippen LogP contribution in [0.2, 0.25) is 10.0 Å². The van der Waals surface area contributed by atoms with Gasteiger partial charge in [-0.3, -0.25) is 0 Å². The zero-order chi connectivity index (χ0) is 13.8. The Balaban J connectivity index is 2.79. The molecule has 0 spiro atoms. The Bertz CT molecular complexity index is 503. The molecular weight excluding hydrogens is 293 g/mol. The highest BCUT2D eigenvalue weighted by molar-refractivity contribution is 7.90. The molecule has 0 fully saturated rings. The molecule has 102 valence electrons. The van der Waals surface area contributed by atoms with E-state index in [4.69, 9.17) is 23.2 Å². The molecule has 0 aliphatic heterocycles. The summed E-state index contributed by atoms with van der Waals surface area (Å²) in [6.45, 7) is 2.67. The molecule has 3 nitrogen and oxygen atoms in total. The van der Waals surface area contributed by atoms with E-state index in [-0.39, 0.29) is 11.8 Å². The van der Waals surface area contributed by atoms with Gasteiger partial charge in [-0.1, -0.05) is 36.2 Å². The predicted octanol–water partition coefficient (Wildman–Crippen LogP) is 2.56. The lowest BCUT2D eigenvalue weighted by Crippen LogP contribution is -2.37. The van der Waals surface area contributed by atoms with Crippen LogP contribution in [0.15, 0.2) is 18.2 Å². The Morgan fingerprint density at radius 3 is 2.44 bits per heavy atom. The van der Waals surface area contributed by atoms with Crippen LogP contribution in [0.1, 0.15) is 12.5 Å². The third-order valence-corrected chi connectivity index (χ3v) is 4.21. The molecule has 18 heavy (non-hydrogen) atoms. The van der Waals surface area contributed by atoms with Crippen LogP contribution in [0.25, 0.3) is 0 Å². The van der Waals surface area contributed by atoms with Gasteiger partial charge in [0.1, 0.15) is 9.84 Å². The van der Waals surface area contributed by atoms with Crippen LogP contribution in [0.4, 0.5) is 0 Å².